The van der Waals surface area contributed by atoms with E-state index in [0.717, 1.165) is 16.5 Å². The number of ether oxygens (including phenoxy) is 1. The minimum absolute atomic E-state index is 0.0563. The third-order valence-corrected chi connectivity index (χ3v) is 4.92. The Labute approximate surface area is 161 Å². The number of carbonyl (C=O) groups excluding carboxylic acids is 1. The summed E-state index contributed by atoms with van der Waals surface area (Å²) in [6.07, 6.45) is 1.46. The van der Waals surface area contributed by atoms with E-state index in [0.29, 0.717) is 0 Å². The Balaban J connectivity index is 1.81. The predicted octanol–water partition coefficient (Wildman–Crippen LogP) is 3.62. The summed E-state index contributed by atoms with van der Waals surface area (Å²) >= 11 is 0. The van der Waals surface area contributed by atoms with Crippen LogP contribution in [0.5, 0.6) is 0 Å². The zero-order chi connectivity index (χ0) is 19.9. The van der Waals surface area contributed by atoms with Crippen molar-refractivity contribution in [1.29, 1.82) is 0 Å². The Morgan fingerprint density at radius 3 is 2.26 bits per heavy atom. The van der Waals surface area contributed by atoms with Crippen molar-refractivity contribution in [2.24, 2.45) is 0 Å². The maximum Gasteiger partial charge on any atom is 0.321 e. The molecule has 1 N–H and O–H groups in total. The molecule has 0 aromatic heterocycles. The molecule has 0 aliphatic carbocycles. The van der Waals surface area contributed by atoms with Crippen LogP contribution in [0, 0.1) is 0 Å². The number of rotatable bonds is 7. The molecule has 0 aliphatic rings. The highest BCUT2D eigenvalue weighted by Crippen LogP contribution is 2.22. The summed E-state index contributed by atoms with van der Waals surface area (Å²) in [4.78, 5) is 11.8. The zero-order valence-electron chi connectivity index (χ0n) is 15.8. The summed E-state index contributed by atoms with van der Waals surface area (Å²) in [5.74, 6) is -0.633. The third-order valence-electron chi connectivity index (χ3n) is 3.88. The van der Waals surface area contributed by atoms with Gasteiger partial charge in [0, 0.05) is 5.41 Å². The lowest BCUT2D eigenvalue weighted by Gasteiger charge is -2.19. The third kappa shape index (κ3) is 7.37. The van der Waals surface area contributed by atoms with E-state index in [1.807, 2.05) is 42.5 Å². The molecule has 6 heteroatoms. The Morgan fingerprint density at radius 2 is 1.67 bits per heavy atom. The summed E-state index contributed by atoms with van der Waals surface area (Å²) in [7, 11) is -3.71. The summed E-state index contributed by atoms with van der Waals surface area (Å²) < 4.78 is 31.1. The second-order valence-corrected chi connectivity index (χ2v) is 8.84. The van der Waals surface area contributed by atoms with Gasteiger partial charge in [0.05, 0.1) is 0 Å². The van der Waals surface area contributed by atoms with Crippen LogP contribution in [-0.4, -0.2) is 20.9 Å². The Bertz CT molecular complexity index is 880. The first-order valence-corrected chi connectivity index (χ1v) is 10.2. The van der Waals surface area contributed by atoms with E-state index in [2.05, 4.69) is 25.5 Å². The number of hydrogen-bond acceptors (Lipinski definition) is 4. The predicted molar refractivity (Wildman–Crippen MR) is 107 cm³/mol. The minimum Gasteiger partial charge on any atom is -0.460 e. The highest BCUT2D eigenvalue weighted by atomic mass is 32.2. The average Bonchev–Trinajstić information content (AvgIpc) is 2.64. The minimum atomic E-state index is -3.71. The monoisotopic (exact) mass is 387 g/mol. The van der Waals surface area contributed by atoms with Crippen molar-refractivity contribution in [3.8, 4) is 0 Å². The second kappa shape index (κ2) is 8.97. The van der Waals surface area contributed by atoms with Gasteiger partial charge in [-0.1, -0.05) is 75.4 Å². The van der Waals surface area contributed by atoms with Crippen LogP contribution >= 0.6 is 0 Å². The standard InChI is InChI=1S/C21H25NO4S/c1-21(2,3)19-11-9-18(10-12-19)16-26-20(23)15-22-27(24,25)14-13-17-7-5-4-6-8-17/h4-14,22H,15-16H2,1-3H3/b14-13+. The Morgan fingerprint density at radius 1 is 1.04 bits per heavy atom. The normalized spacial score (nSPS) is 12.3. The lowest BCUT2D eigenvalue weighted by molar-refractivity contribution is -0.143. The van der Waals surface area contributed by atoms with E-state index in [-0.39, 0.29) is 12.0 Å². The van der Waals surface area contributed by atoms with E-state index in [1.165, 1.54) is 11.6 Å². The maximum absolute atomic E-state index is 11.9. The smallest absolute Gasteiger partial charge is 0.321 e. The van der Waals surface area contributed by atoms with E-state index in [4.69, 9.17) is 4.74 Å². The number of carbonyl (C=O) groups is 1. The van der Waals surface area contributed by atoms with Gasteiger partial charge in [-0.15, -0.1) is 0 Å². The van der Waals surface area contributed by atoms with E-state index < -0.39 is 22.5 Å². The molecule has 0 saturated heterocycles. The molecular formula is C21H25NO4S. The molecule has 27 heavy (non-hydrogen) atoms. The molecule has 0 bridgehead atoms. The molecule has 0 atom stereocenters. The molecule has 2 rings (SSSR count). The average molecular weight is 388 g/mol. The molecule has 2 aromatic rings. The van der Waals surface area contributed by atoms with Crippen molar-refractivity contribution in [2.75, 3.05) is 6.54 Å². The maximum atomic E-state index is 11.9. The van der Waals surface area contributed by atoms with Crippen LogP contribution < -0.4 is 4.72 Å². The summed E-state index contributed by atoms with van der Waals surface area (Å²) in [5, 5.41) is 1.03. The second-order valence-electron chi connectivity index (χ2n) is 7.19. The van der Waals surface area contributed by atoms with E-state index >= 15 is 0 Å². The summed E-state index contributed by atoms with van der Waals surface area (Å²) in [6.45, 7) is 6.06. The fraction of sp³-hybridized carbons (Fsp3) is 0.286. The van der Waals surface area contributed by atoms with Crippen LogP contribution in [0.25, 0.3) is 6.08 Å². The van der Waals surface area contributed by atoms with E-state index in [1.54, 1.807) is 12.1 Å². The van der Waals surface area contributed by atoms with Gasteiger partial charge in [0.1, 0.15) is 13.2 Å². The van der Waals surface area contributed by atoms with E-state index in [9.17, 15) is 13.2 Å². The quantitative estimate of drug-likeness (QED) is 0.737. The number of esters is 1. The molecule has 0 amide bonds. The largest absolute Gasteiger partial charge is 0.460 e. The van der Waals surface area contributed by atoms with Gasteiger partial charge in [0.25, 0.3) is 0 Å². The highest BCUT2D eigenvalue weighted by Gasteiger charge is 2.13. The van der Waals surface area contributed by atoms with Gasteiger partial charge >= 0.3 is 5.97 Å². The fourth-order valence-corrected chi connectivity index (χ4v) is 3.01. The van der Waals surface area contributed by atoms with Gasteiger partial charge in [-0.2, -0.15) is 0 Å². The van der Waals surface area contributed by atoms with Crippen molar-refractivity contribution < 1.29 is 17.9 Å². The number of benzene rings is 2. The van der Waals surface area contributed by atoms with Crippen molar-refractivity contribution in [3.05, 3.63) is 76.7 Å². The highest BCUT2D eigenvalue weighted by molar-refractivity contribution is 7.92. The first-order valence-electron chi connectivity index (χ1n) is 8.63. The fourth-order valence-electron chi connectivity index (χ4n) is 2.26. The van der Waals surface area contributed by atoms with Crippen molar-refractivity contribution >= 4 is 22.1 Å². The van der Waals surface area contributed by atoms with Crippen LogP contribution in [0.15, 0.2) is 60.0 Å². The van der Waals surface area contributed by atoms with Gasteiger partial charge < -0.3 is 4.74 Å². The van der Waals surface area contributed by atoms with Crippen LogP contribution in [0.2, 0.25) is 0 Å². The molecule has 0 spiro atoms. The molecule has 0 heterocycles. The van der Waals surface area contributed by atoms with Crippen molar-refractivity contribution in [3.63, 3.8) is 0 Å². The molecule has 0 fully saturated rings. The number of hydrogen-bond donors (Lipinski definition) is 1. The molecule has 5 nitrogen and oxygen atoms in total. The number of sulfonamides is 1. The molecule has 0 unspecified atom stereocenters. The van der Waals surface area contributed by atoms with Crippen LogP contribution in [0.1, 0.15) is 37.5 Å². The van der Waals surface area contributed by atoms with Crippen molar-refractivity contribution in [1.82, 2.24) is 4.72 Å². The number of nitrogens with one attached hydrogen (secondary N) is 1. The van der Waals surface area contributed by atoms with Gasteiger partial charge in [0.15, 0.2) is 0 Å². The SMILES string of the molecule is CC(C)(C)c1ccc(COC(=O)CNS(=O)(=O)/C=C/c2ccccc2)cc1. The molecule has 0 saturated carbocycles. The van der Waals surface area contributed by atoms with Crippen LogP contribution in [-0.2, 0) is 31.6 Å². The lowest BCUT2D eigenvalue weighted by Crippen LogP contribution is -2.29. The Kier molecular flexibility index (Phi) is 6.93. The molecular weight excluding hydrogens is 362 g/mol. The zero-order valence-corrected chi connectivity index (χ0v) is 16.6. The van der Waals surface area contributed by atoms with Gasteiger partial charge in [-0.05, 0) is 28.2 Å². The van der Waals surface area contributed by atoms with Crippen LogP contribution in [0.4, 0.5) is 0 Å². The van der Waals surface area contributed by atoms with Crippen LogP contribution in [0.3, 0.4) is 0 Å². The summed E-state index contributed by atoms with van der Waals surface area (Å²) in [6, 6.07) is 16.8. The lowest BCUT2D eigenvalue weighted by atomic mass is 9.87. The van der Waals surface area contributed by atoms with Gasteiger partial charge in [-0.3, -0.25) is 4.79 Å². The molecule has 0 aliphatic heterocycles. The topological polar surface area (TPSA) is 72.5 Å². The first kappa shape index (κ1) is 20.9. The molecule has 2 aromatic carbocycles. The molecule has 0 radical (unpaired) electrons. The van der Waals surface area contributed by atoms with Gasteiger partial charge in [0.2, 0.25) is 10.0 Å². The molecule has 144 valence electrons. The summed E-state index contributed by atoms with van der Waals surface area (Å²) in [5.41, 5.74) is 2.85. The first-order chi connectivity index (χ1) is 12.7. The Hall–Kier alpha value is -2.44. The van der Waals surface area contributed by atoms with Crippen molar-refractivity contribution in [2.45, 2.75) is 32.8 Å². The van der Waals surface area contributed by atoms with Gasteiger partial charge in [-0.25, -0.2) is 13.1 Å².